The van der Waals surface area contributed by atoms with Crippen LogP contribution in [0.3, 0.4) is 0 Å². The fourth-order valence-corrected chi connectivity index (χ4v) is 3.75. The molecule has 2 aromatic heterocycles. The molecule has 0 amide bonds. The molecule has 1 atom stereocenters. The third-order valence-corrected chi connectivity index (χ3v) is 5.42. The Bertz CT molecular complexity index is 1230. The first-order valence-electron chi connectivity index (χ1n) is 10.9. The van der Waals surface area contributed by atoms with E-state index in [1.807, 2.05) is 36.9 Å². The molecule has 0 saturated carbocycles. The molecule has 0 aliphatic carbocycles. The molecule has 0 aliphatic rings. The lowest BCUT2D eigenvalue weighted by Gasteiger charge is -2.18. The summed E-state index contributed by atoms with van der Waals surface area (Å²) in [5, 5.41) is 8.87. The van der Waals surface area contributed by atoms with Gasteiger partial charge in [-0.3, -0.25) is 4.68 Å². The van der Waals surface area contributed by atoms with Crippen molar-refractivity contribution in [2.24, 2.45) is 0 Å². The first-order valence-corrected chi connectivity index (χ1v) is 10.9. The second-order valence-electron chi connectivity index (χ2n) is 7.65. The average molecular weight is 432 g/mol. The number of aryl methyl sites for hydroxylation is 2. The molecule has 2 heterocycles. The molecule has 0 radical (unpaired) electrons. The lowest BCUT2D eigenvalue weighted by Crippen LogP contribution is -2.10. The second-order valence-corrected chi connectivity index (χ2v) is 7.65. The number of ether oxygens (including phenoxy) is 2. The van der Waals surface area contributed by atoms with Gasteiger partial charge in [0.25, 0.3) is 0 Å². The van der Waals surface area contributed by atoms with Gasteiger partial charge in [-0.1, -0.05) is 18.2 Å². The van der Waals surface area contributed by atoms with Crippen molar-refractivity contribution >= 4 is 16.7 Å². The summed E-state index contributed by atoms with van der Waals surface area (Å²) in [6, 6.07) is 12.4. The van der Waals surface area contributed by atoms with Gasteiger partial charge in [-0.25, -0.2) is 9.97 Å². The van der Waals surface area contributed by atoms with Crippen molar-refractivity contribution in [2.75, 3.05) is 19.0 Å². The average Bonchev–Trinajstić information content (AvgIpc) is 3.28. The molecule has 7 heteroatoms. The molecular formula is C25H29N5O2. The summed E-state index contributed by atoms with van der Waals surface area (Å²) in [5.74, 6) is 2.81. The number of aromatic nitrogens is 4. The molecule has 166 valence electrons. The molecule has 4 rings (SSSR count). The minimum absolute atomic E-state index is 0.0336. The van der Waals surface area contributed by atoms with E-state index in [0.29, 0.717) is 23.9 Å². The number of methoxy groups -OCH3 is 1. The summed E-state index contributed by atoms with van der Waals surface area (Å²) in [4.78, 5) is 9.28. The van der Waals surface area contributed by atoms with Gasteiger partial charge < -0.3 is 14.8 Å². The molecule has 1 N–H and O–H groups in total. The lowest BCUT2D eigenvalue weighted by atomic mass is 10.0. The van der Waals surface area contributed by atoms with Crippen LogP contribution in [-0.4, -0.2) is 33.5 Å². The van der Waals surface area contributed by atoms with Gasteiger partial charge in [0.05, 0.1) is 25.4 Å². The highest BCUT2D eigenvalue weighted by atomic mass is 16.5. The van der Waals surface area contributed by atoms with Crippen LogP contribution in [-0.2, 0) is 6.54 Å². The summed E-state index contributed by atoms with van der Waals surface area (Å²) in [6.45, 7) is 9.46. The normalized spacial score (nSPS) is 12.0. The highest BCUT2D eigenvalue weighted by molar-refractivity contribution is 5.92. The fourth-order valence-electron chi connectivity index (χ4n) is 3.75. The molecule has 7 nitrogen and oxygen atoms in total. The quantitative estimate of drug-likeness (QED) is 0.402. The summed E-state index contributed by atoms with van der Waals surface area (Å²) in [6.07, 6.45) is 3.98. The maximum absolute atomic E-state index is 5.77. The molecule has 0 bridgehead atoms. The van der Waals surface area contributed by atoms with Crippen LogP contribution in [0.5, 0.6) is 11.5 Å². The molecule has 0 spiro atoms. The Labute approximate surface area is 188 Å². The van der Waals surface area contributed by atoms with Gasteiger partial charge in [-0.05, 0) is 51.0 Å². The van der Waals surface area contributed by atoms with E-state index in [2.05, 4.69) is 64.7 Å². The Kier molecular flexibility index (Phi) is 6.25. The zero-order valence-corrected chi connectivity index (χ0v) is 19.2. The Hall–Kier alpha value is -3.61. The summed E-state index contributed by atoms with van der Waals surface area (Å²) in [5.41, 5.74) is 4.23. The van der Waals surface area contributed by atoms with Crippen molar-refractivity contribution in [1.82, 2.24) is 19.7 Å². The standard InChI is InChI=1S/C25H29N5O2/c1-6-30-15-20(14-26-30)19-10-8-9-18(11-19)16(3)27-25-21-12-24(32-7-2)23(31-5)13-22(21)28-17(4)29-25/h8-16H,6-7H2,1-5H3,(H,27,28,29)/t16-/m1/s1. The second kappa shape index (κ2) is 9.26. The highest BCUT2D eigenvalue weighted by Gasteiger charge is 2.15. The van der Waals surface area contributed by atoms with E-state index in [4.69, 9.17) is 9.47 Å². The zero-order valence-electron chi connectivity index (χ0n) is 19.2. The van der Waals surface area contributed by atoms with E-state index in [0.717, 1.165) is 40.0 Å². The third kappa shape index (κ3) is 4.37. The summed E-state index contributed by atoms with van der Waals surface area (Å²) < 4.78 is 13.2. The van der Waals surface area contributed by atoms with Gasteiger partial charge in [0.1, 0.15) is 11.6 Å². The molecule has 0 unspecified atom stereocenters. The number of benzene rings is 2. The first-order chi connectivity index (χ1) is 15.5. The van der Waals surface area contributed by atoms with Crippen LogP contribution in [0.15, 0.2) is 48.8 Å². The maximum Gasteiger partial charge on any atom is 0.162 e. The van der Waals surface area contributed by atoms with Crippen LogP contribution in [0, 0.1) is 6.92 Å². The van der Waals surface area contributed by atoms with Crippen molar-refractivity contribution in [3.05, 3.63) is 60.2 Å². The number of fused-ring (bicyclic) bond motifs is 1. The molecular weight excluding hydrogens is 402 g/mol. The van der Waals surface area contributed by atoms with Crippen LogP contribution >= 0.6 is 0 Å². The van der Waals surface area contributed by atoms with Crippen molar-refractivity contribution in [3.8, 4) is 22.6 Å². The SMILES string of the molecule is CCOc1cc2c(N[C@H](C)c3cccc(-c4cnn(CC)c4)c3)nc(C)nc2cc1OC. The van der Waals surface area contributed by atoms with Gasteiger partial charge in [0, 0.05) is 35.8 Å². The predicted molar refractivity (Wildman–Crippen MR) is 127 cm³/mol. The largest absolute Gasteiger partial charge is 0.493 e. The van der Waals surface area contributed by atoms with Crippen molar-refractivity contribution < 1.29 is 9.47 Å². The smallest absolute Gasteiger partial charge is 0.162 e. The van der Waals surface area contributed by atoms with Gasteiger partial charge in [-0.15, -0.1) is 0 Å². The molecule has 32 heavy (non-hydrogen) atoms. The lowest BCUT2D eigenvalue weighted by molar-refractivity contribution is 0.311. The number of nitrogens with zero attached hydrogens (tertiary/aromatic N) is 4. The zero-order chi connectivity index (χ0) is 22.7. The topological polar surface area (TPSA) is 74.1 Å². The Morgan fingerprint density at radius 1 is 1.06 bits per heavy atom. The molecule has 0 aliphatic heterocycles. The molecule has 0 saturated heterocycles. The van der Waals surface area contributed by atoms with Crippen LogP contribution in [0.25, 0.3) is 22.0 Å². The van der Waals surface area contributed by atoms with Crippen LogP contribution in [0.4, 0.5) is 5.82 Å². The van der Waals surface area contributed by atoms with Gasteiger partial charge in [-0.2, -0.15) is 5.10 Å². The van der Waals surface area contributed by atoms with Crippen molar-refractivity contribution in [2.45, 2.75) is 40.3 Å². The van der Waals surface area contributed by atoms with E-state index in [1.54, 1.807) is 7.11 Å². The summed E-state index contributed by atoms with van der Waals surface area (Å²) >= 11 is 0. The van der Waals surface area contributed by atoms with Crippen LogP contribution in [0.1, 0.15) is 38.2 Å². The third-order valence-electron chi connectivity index (χ3n) is 5.42. The van der Waals surface area contributed by atoms with Crippen LogP contribution < -0.4 is 14.8 Å². The van der Waals surface area contributed by atoms with Gasteiger partial charge in [0.2, 0.25) is 0 Å². The minimum Gasteiger partial charge on any atom is -0.493 e. The van der Waals surface area contributed by atoms with Crippen molar-refractivity contribution in [1.29, 1.82) is 0 Å². The van der Waals surface area contributed by atoms with Crippen LogP contribution in [0.2, 0.25) is 0 Å². The first kappa shape index (κ1) is 21.6. The van der Waals surface area contributed by atoms with E-state index in [1.165, 1.54) is 0 Å². The number of hydrogen-bond donors (Lipinski definition) is 1. The molecule has 0 fully saturated rings. The Balaban J connectivity index is 1.68. The number of rotatable bonds is 8. The van der Waals surface area contributed by atoms with Crippen molar-refractivity contribution in [3.63, 3.8) is 0 Å². The molecule has 4 aromatic rings. The monoisotopic (exact) mass is 431 g/mol. The Morgan fingerprint density at radius 3 is 2.62 bits per heavy atom. The highest BCUT2D eigenvalue weighted by Crippen LogP contribution is 2.35. The predicted octanol–water partition coefficient (Wildman–Crippen LogP) is 5.40. The fraction of sp³-hybridized carbons (Fsp3) is 0.320. The number of nitrogens with one attached hydrogen (secondary N) is 1. The number of anilines is 1. The Morgan fingerprint density at radius 2 is 1.91 bits per heavy atom. The van der Waals surface area contributed by atoms with E-state index in [-0.39, 0.29) is 6.04 Å². The van der Waals surface area contributed by atoms with Gasteiger partial charge in [0.15, 0.2) is 11.5 Å². The van der Waals surface area contributed by atoms with E-state index >= 15 is 0 Å². The molecule has 2 aromatic carbocycles. The minimum atomic E-state index is 0.0336. The van der Waals surface area contributed by atoms with E-state index in [9.17, 15) is 0 Å². The number of hydrogen-bond acceptors (Lipinski definition) is 6. The summed E-state index contributed by atoms with van der Waals surface area (Å²) in [7, 11) is 1.64. The maximum atomic E-state index is 5.77. The van der Waals surface area contributed by atoms with E-state index < -0.39 is 0 Å². The van der Waals surface area contributed by atoms with Gasteiger partial charge >= 0.3 is 0 Å².